The molecule has 0 saturated carbocycles. The van der Waals surface area contributed by atoms with Crippen molar-refractivity contribution in [3.8, 4) is 5.75 Å². The summed E-state index contributed by atoms with van der Waals surface area (Å²) in [6.45, 7) is 6.68. The van der Waals surface area contributed by atoms with Gasteiger partial charge in [0, 0.05) is 11.3 Å². The Morgan fingerprint density at radius 3 is 2.18 bits per heavy atom. The average Bonchev–Trinajstić information content (AvgIpc) is 3.09. The standard InChI is InChI=1S/C28H27NO4/c1-18(2)17-33-23-15-11-21(12-16-23)26(30)24-25(20-7-5-4-6-8-20)29(28(32)27(24)31)22-13-9-19(3)10-14-22/h4-16,18,25,30H,17H2,1-3H3/b26-24+. The van der Waals surface area contributed by atoms with Gasteiger partial charge in [0.15, 0.2) is 0 Å². The number of aliphatic hydroxyl groups is 1. The maximum atomic E-state index is 13.2. The molecule has 1 atom stereocenters. The predicted molar refractivity (Wildman–Crippen MR) is 129 cm³/mol. The summed E-state index contributed by atoms with van der Waals surface area (Å²) < 4.78 is 5.71. The topological polar surface area (TPSA) is 66.8 Å². The molecule has 1 amide bonds. The normalized spacial score (nSPS) is 17.6. The molecule has 4 rings (SSSR count). The predicted octanol–water partition coefficient (Wildman–Crippen LogP) is 5.66. The van der Waals surface area contributed by atoms with Gasteiger partial charge in [-0.15, -0.1) is 0 Å². The van der Waals surface area contributed by atoms with Crippen LogP contribution in [0.25, 0.3) is 5.76 Å². The molecule has 1 N–H and O–H groups in total. The van der Waals surface area contributed by atoms with Crippen LogP contribution in [0.3, 0.4) is 0 Å². The zero-order valence-corrected chi connectivity index (χ0v) is 19.0. The van der Waals surface area contributed by atoms with Gasteiger partial charge in [-0.2, -0.15) is 0 Å². The SMILES string of the molecule is Cc1ccc(N2C(=O)C(=O)/C(=C(/O)c3ccc(OCC(C)C)cc3)C2c2ccccc2)cc1. The molecule has 0 spiro atoms. The quantitative estimate of drug-likeness (QED) is 0.305. The Kier molecular flexibility index (Phi) is 6.31. The molecule has 5 nitrogen and oxygen atoms in total. The first kappa shape index (κ1) is 22.3. The first-order valence-electron chi connectivity index (χ1n) is 11.0. The van der Waals surface area contributed by atoms with E-state index in [-0.39, 0.29) is 11.3 Å². The number of ether oxygens (including phenoxy) is 1. The molecule has 0 radical (unpaired) electrons. The molecule has 0 bridgehead atoms. The highest BCUT2D eigenvalue weighted by Crippen LogP contribution is 2.42. The zero-order valence-electron chi connectivity index (χ0n) is 19.0. The van der Waals surface area contributed by atoms with E-state index in [0.29, 0.717) is 29.5 Å². The van der Waals surface area contributed by atoms with Crippen LogP contribution in [0.1, 0.15) is 36.6 Å². The first-order chi connectivity index (χ1) is 15.9. The van der Waals surface area contributed by atoms with Gasteiger partial charge in [-0.1, -0.05) is 61.9 Å². The van der Waals surface area contributed by atoms with Crippen LogP contribution in [0.2, 0.25) is 0 Å². The summed E-state index contributed by atoms with van der Waals surface area (Å²) in [6.07, 6.45) is 0. The van der Waals surface area contributed by atoms with Gasteiger partial charge in [0.1, 0.15) is 11.5 Å². The number of rotatable bonds is 6. The first-order valence-corrected chi connectivity index (χ1v) is 11.0. The summed E-state index contributed by atoms with van der Waals surface area (Å²) in [5.41, 5.74) is 2.92. The van der Waals surface area contributed by atoms with Crippen molar-refractivity contribution in [1.82, 2.24) is 0 Å². The van der Waals surface area contributed by atoms with Crippen molar-refractivity contribution in [1.29, 1.82) is 0 Å². The van der Waals surface area contributed by atoms with E-state index in [9.17, 15) is 14.7 Å². The minimum Gasteiger partial charge on any atom is -0.507 e. The van der Waals surface area contributed by atoms with Crippen LogP contribution in [0.5, 0.6) is 5.75 Å². The number of benzene rings is 3. The minimum atomic E-state index is -0.731. The summed E-state index contributed by atoms with van der Waals surface area (Å²) in [7, 11) is 0. The van der Waals surface area contributed by atoms with E-state index in [0.717, 1.165) is 11.1 Å². The molecule has 33 heavy (non-hydrogen) atoms. The van der Waals surface area contributed by atoms with Crippen molar-refractivity contribution in [2.24, 2.45) is 5.92 Å². The van der Waals surface area contributed by atoms with Crippen LogP contribution in [0.15, 0.2) is 84.4 Å². The average molecular weight is 442 g/mol. The maximum absolute atomic E-state index is 13.2. The molecular formula is C28H27NO4. The van der Waals surface area contributed by atoms with Crippen LogP contribution in [-0.4, -0.2) is 23.4 Å². The smallest absolute Gasteiger partial charge is 0.300 e. The van der Waals surface area contributed by atoms with Crippen molar-refractivity contribution in [3.63, 3.8) is 0 Å². The number of anilines is 1. The fourth-order valence-electron chi connectivity index (χ4n) is 3.88. The number of Topliss-reactive ketones (excluding diaryl/α,β-unsaturated/α-hetero) is 1. The third-order valence-electron chi connectivity index (χ3n) is 5.58. The second kappa shape index (κ2) is 9.33. The van der Waals surface area contributed by atoms with Crippen molar-refractivity contribution in [2.75, 3.05) is 11.5 Å². The van der Waals surface area contributed by atoms with E-state index in [4.69, 9.17) is 4.74 Å². The lowest BCUT2D eigenvalue weighted by Gasteiger charge is -2.25. The highest BCUT2D eigenvalue weighted by Gasteiger charge is 2.46. The monoisotopic (exact) mass is 441 g/mol. The molecular weight excluding hydrogens is 414 g/mol. The summed E-state index contributed by atoms with van der Waals surface area (Å²) in [5.74, 6) is -0.498. The van der Waals surface area contributed by atoms with Crippen molar-refractivity contribution in [2.45, 2.75) is 26.8 Å². The molecule has 0 aromatic heterocycles. The zero-order chi connectivity index (χ0) is 23.5. The van der Waals surface area contributed by atoms with E-state index in [1.54, 1.807) is 24.3 Å². The van der Waals surface area contributed by atoms with Gasteiger partial charge in [-0.05, 0) is 54.8 Å². The number of carbonyl (C=O) groups excluding carboxylic acids is 2. The highest BCUT2D eigenvalue weighted by atomic mass is 16.5. The molecule has 1 aliphatic heterocycles. The summed E-state index contributed by atoms with van der Waals surface area (Å²) in [4.78, 5) is 27.8. The van der Waals surface area contributed by atoms with Crippen LogP contribution in [-0.2, 0) is 9.59 Å². The summed E-state index contributed by atoms with van der Waals surface area (Å²) in [5, 5.41) is 11.2. The van der Waals surface area contributed by atoms with Crippen LogP contribution >= 0.6 is 0 Å². The van der Waals surface area contributed by atoms with E-state index >= 15 is 0 Å². The number of nitrogens with zero attached hydrogens (tertiary/aromatic N) is 1. The van der Waals surface area contributed by atoms with Gasteiger partial charge in [0.2, 0.25) is 0 Å². The van der Waals surface area contributed by atoms with E-state index in [1.807, 2.05) is 61.5 Å². The Hall–Kier alpha value is -3.86. The molecule has 1 saturated heterocycles. The molecule has 168 valence electrons. The Balaban J connectivity index is 1.79. The molecule has 0 aliphatic carbocycles. The molecule has 1 fully saturated rings. The van der Waals surface area contributed by atoms with Crippen molar-refractivity contribution >= 4 is 23.1 Å². The lowest BCUT2D eigenvalue weighted by molar-refractivity contribution is -0.132. The van der Waals surface area contributed by atoms with E-state index in [2.05, 4.69) is 13.8 Å². The number of amides is 1. The van der Waals surface area contributed by atoms with Gasteiger partial charge < -0.3 is 9.84 Å². The number of ketones is 1. The van der Waals surface area contributed by atoms with Gasteiger partial charge in [0.05, 0.1) is 18.2 Å². The lowest BCUT2D eigenvalue weighted by Crippen LogP contribution is -2.29. The van der Waals surface area contributed by atoms with E-state index < -0.39 is 17.7 Å². The van der Waals surface area contributed by atoms with Crippen molar-refractivity contribution < 1.29 is 19.4 Å². The van der Waals surface area contributed by atoms with Gasteiger partial charge in [-0.25, -0.2) is 0 Å². The second-order valence-corrected chi connectivity index (χ2v) is 8.64. The molecule has 1 aliphatic rings. The fraction of sp³-hybridized carbons (Fsp3) is 0.214. The highest BCUT2D eigenvalue weighted by molar-refractivity contribution is 6.51. The number of hydrogen-bond acceptors (Lipinski definition) is 4. The molecule has 3 aromatic carbocycles. The summed E-state index contributed by atoms with van der Waals surface area (Å²) in [6, 6.07) is 22.9. The Bertz CT molecular complexity index is 1180. The number of aliphatic hydroxyl groups excluding tert-OH is 1. The van der Waals surface area contributed by atoms with Crippen LogP contribution in [0.4, 0.5) is 5.69 Å². The van der Waals surface area contributed by atoms with Crippen LogP contribution < -0.4 is 9.64 Å². The molecule has 5 heteroatoms. The molecule has 1 heterocycles. The maximum Gasteiger partial charge on any atom is 0.300 e. The van der Waals surface area contributed by atoms with E-state index in [1.165, 1.54) is 4.90 Å². The number of aryl methyl sites for hydroxylation is 1. The Morgan fingerprint density at radius 2 is 1.58 bits per heavy atom. The fourth-order valence-corrected chi connectivity index (χ4v) is 3.88. The molecule has 3 aromatic rings. The lowest BCUT2D eigenvalue weighted by atomic mass is 9.95. The number of hydrogen-bond donors (Lipinski definition) is 1. The second-order valence-electron chi connectivity index (χ2n) is 8.64. The third-order valence-corrected chi connectivity index (χ3v) is 5.58. The van der Waals surface area contributed by atoms with Gasteiger partial charge in [0.25, 0.3) is 11.7 Å². The largest absolute Gasteiger partial charge is 0.507 e. The Labute approximate surface area is 193 Å². The third kappa shape index (κ3) is 4.53. The van der Waals surface area contributed by atoms with Crippen molar-refractivity contribution in [3.05, 3.63) is 101 Å². The van der Waals surface area contributed by atoms with Gasteiger partial charge in [-0.3, -0.25) is 14.5 Å². The van der Waals surface area contributed by atoms with Crippen LogP contribution in [0, 0.1) is 12.8 Å². The number of carbonyl (C=O) groups is 2. The Morgan fingerprint density at radius 1 is 0.939 bits per heavy atom. The molecule has 1 unspecified atom stereocenters. The minimum absolute atomic E-state index is 0.0719. The summed E-state index contributed by atoms with van der Waals surface area (Å²) >= 11 is 0. The van der Waals surface area contributed by atoms with Gasteiger partial charge >= 0.3 is 0 Å².